The fraction of sp³-hybridized carbons (Fsp3) is 0.182. The van der Waals surface area contributed by atoms with E-state index in [1.54, 1.807) is 13.0 Å². The lowest BCUT2D eigenvalue weighted by atomic mass is 10.2. The minimum atomic E-state index is -0.440. The van der Waals surface area contributed by atoms with Gasteiger partial charge in [0, 0.05) is 6.08 Å². The highest BCUT2D eigenvalue weighted by Crippen LogP contribution is 2.25. The number of carbonyl (C=O) groups is 1. The second kappa shape index (κ2) is 6.47. The van der Waals surface area contributed by atoms with E-state index in [1.807, 2.05) is 0 Å². The van der Waals surface area contributed by atoms with Gasteiger partial charge in [-0.25, -0.2) is 4.79 Å². The van der Waals surface area contributed by atoms with Gasteiger partial charge in [-0.3, -0.25) is 0 Å². The molecule has 16 heavy (non-hydrogen) atoms. The van der Waals surface area contributed by atoms with Crippen LogP contribution in [0.5, 0.6) is 11.5 Å². The molecule has 0 atom stereocenters. The van der Waals surface area contributed by atoms with Crippen molar-refractivity contribution >= 4 is 12.0 Å². The normalized spacial score (nSPS) is 9.81. The average molecular weight is 226 g/mol. The van der Waals surface area contributed by atoms with Crippen LogP contribution in [0, 0.1) is 0 Å². The van der Waals surface area contributed by atoms with Crippen LogP contribution in [0.1, 0.15) is 12.5 Å². The smallest absolute Gasteiger partial charge is 0.330 e. The molecule has 0 bridgehead atoms. The van der Waals surface area contributed by atoms with Gasteiger partial charge < -0.3 is 20.4 Å². The van der Waals surface area contributed by atoms with Crippen molar-refractivity contribution in [1.82, 2.24) is 0 Å². The molecule has 0 aliphatic carbocycles. The minimum Gasteiger partial charge on any atom is -0.504 e. The first-order valence-corrected chi connectivity index (χ1v) is 4.50. The molecule has 0 aliphatic rings. The number of carbonyl (C=O) groups excluding carboxylic acids is 1. The second-order valence-corrected chi connectivity index (χ2v) is 2.83. The number of phenolic OH excluding ortho intramolecular Hbond substituents is 2. The molecule has 0 saturated carbocycles. The highest BCUT2D eigenvalue weighted by atomic mass is 16.5. The quantitative estimate of drug-likeness (QED) is 0.453. The molecule has 0 aromatic heterocycles. The molecule has 5 heteroatoms. The van der Waals surface area contributed by atoms with Crippen LogP contribution < -0.4 is 0 Å². The number of ether oxygens (including phenoxy) is 1. The van der Waals surface area contributed by atoms with Crippen molar-refractivity contribution in [2.24, 2.45) is 0 Å². The molecule has 5 nitrogen and oxygen atoms in total. The van der Waals surface area contributed by atoms with Gasteiger partial charge in [-0.05, 0) is 30.7 Å². The van der Waals surface area contributed by atoms with Gasteiger partial charge in [0.1, 0.15) is 0 Å². The molecule has 0 amide bonds. The summed E-state index contributed by atoms with van der Waals surface area (Å²) in [5, 5.41) is 18.2. The zero-order valence-electron chi connectivity index (χ0n) is 8.80. The SMILES string of the molecule is CCOC(=O)C=Cc1ccc(O)c(O)c1.O. The summed E-state index contributed by atoms with van der Waals surface area (Å²) in [6, 6.07) is 4.27. The van der Waals surface area contributed by atoms with E-state index in [0.717, 1.165) is 0 Å². The highest BCUT2D eigenvalue weighted by molar-refractivity contribution is 5.87. The molecule has 88 valence electrons. The Kier molecular flexibility index (Phi) is 5.66. The molecule has 0 aliphatic heterocycles. The Balaban J connectivity index is 0.00000225. The molecule has 0 fully saturated rings. The Morgan fingerprint density at radius 2 is 2.06 bits per heavy atom. The van der Waals surface area contributed by atoms with Crippen LogP contribution >= 0.6 is 0 Å². The summed E-state index contributed by atoms with van der Waals surface area (Å²) < 4.78 is 4.68. The van der Waals surface area contributed by atoms with E-state index < -0.39 is 5.97 Å². The third-order valence-electron chi connectivity index (χ3n) is 1.70. The Morgan fingerprint density at radius 3 is 2.62 bits per heavy atom. The van der Waals surface area contributed by atoms with Crippen LogP contribution in [-0.2, 0) is 9.53 Å². The molecule has 4 N–H and O–H groups in total. The number of benzene rings is 1. The number of hydrogen-bond acceptors (Lipinski definition) is 4. The fourth-order valence-electron chi connectivity index (χ4n) is 0.999. The third kappa shape index (κ3) is 4.02. The van der Waals surface area contributed by atoms with E-state index in [4.69, 9.17) is 10.2 Å². The Morgan fingerprint density at radius 1 is 1.38 bits per heavy atom. The highest BCUT2D eigenvalue weighted by Gasteiger charge is 1.99. The number of hydrogen-bond donors (Lipinski definition) is 2. The van der Waals surface area contributed by atoms with E-state index in [1.165, 1.54) is 24.3 Å². The number of phenols is 2. The van der Waals surface area contributed by atoms with Crippen LogP contribution in [-0.4, -0.2) is 28.3 Å². The lowest BCUT2D eigenvalue weighted by molar-refractivity contribution is -0.137. The molecular formula is C11H14O5. The van der Waals surface area contributed by atoms with Crippen LogP contribution in [0.2, 0.25) is 0 Å². The molecule has 0 unspecified atom stereocenters. The maximum atomic E-state index is 10.9. The summed E-state index contributed by atoms with van der Waals surface area (Å²) in [5.41, 5.74) is 0.610. The topological polar surface area (TPSA) is 98.3 Å². The van der Waals surface area contributed by atoms with E-state index in [0.29, 0.717) is 12.2 Å². The van der Waals surface area contributed by atoms with Crippen LogP contribution in [0.25, 0.3) is 6.08 Å². The van der Waals surface area contributed by atoms with Gasteiger partial charge >= 0.3 is 5.97 Å². The molecule has 0 saturated heterocycles. The van der Waals surface area contributed by atoms with Gasteiger partial charge in [0.15, 0.2) is 11.5 Å². The summed E-state index contributed by atoms with van der Waals surface area (Å²) in [7, 11) is 0. The number of aromatic hydroxyl groups is 2. The lowest BCUT2D eigenvalue weighted by Gasteiger charge is -1.98. The predicted molar refractivity (Wildman–Crippen MR) is 59.1 cm³/mol. The number of esters is 1. The Labute approximate surface area is 92.9 Å². The minimum absolute atomic E-state index is 0. The largest absolute Gasteiger partial charge is 0.504 e. The zero-order valence-corrected chi connectivity index (χ0v) is 8.80. The molecule has 1 aromatic carbocycles. The molecule has 0 heterocycles. The van der Waals surface area contributed by atoms with Crippen molar-refractivity contribution in [3.63, 3.8) is 0 Å². The summed E-state index contributed by atoms with van der Waals surface area (Å²) >= 11 is 0. The Hall–Kier alpha value is -2.01. The molecular weight excluding hydrogens is 212 g/mol. The second-order valence-electron chi connectivity index (χ2n) is 2.83. The maximum Gasteiger partial charge on any atom is 0.330 e. The summed E-state index contributed by atoms with van der Waals surface area (Å²) in [6.07, 6.45) is 2.76. The van der Waals surface area contributed by atoms with Crippen LogP contribution in [0.15, 0.2) is 24.3 Å². The van der Waals surface area contributed by atoms with Crippen LogP contribution in [0.4, 0.5) is 0 Å². The lowest BCUT2D eigenvalue weighted by Crippen LogP contribution is -1.98. The molecule has 1 rings (SSSR count). The van der Waals surface area contributed by atoms with Crippen molar-refractivity contribution in [2.45, 2.75) is 6.92 Å². The van der Waals surface area contributed by atoms with Crippen molar-refractivity contribution < 1.29 is 25.2 Å². The third-order valence-corrected chi connectivity index (χ3v) is 1.70. The van der Waals surface area contributed by atoms with Gasteiger partial charge in [-0.1, -0.05) is 6.07 Å². The fourth-order valence-corrected chi connectivity index (χ4v) is 0.999. The van der Waals surface area contributed by atoms with Gasteiger partial charge in [0.05, 0.1) is 6.61 Å². The van der Waals surface area contributed by atoms with Crippen LogP contribution in [0.3, 0.4) is 0 Å². The maximum absolute atomic E-state index is 10.9. The van der Waals surface area contributed by atoms with Crippen molar-refractivity contribution in [1.29, 1.82) is 0 Å². The zero-order chi connectivity index (χ0) is 11.3. The molecule has 0 radical (unpaired) electrons. The van der Waals surface area contributed by atoms with Crippen molar-refractivity contribution in [3.8, 4) is 11.5 Å². The first-order valence-electron chi connectivity index (χ1n) is 4.50. The summed E-state index contributed by atoms with van der Waals surface area (Å²) in [5.74, 6) is -0.852. The predicted octanol–water partition coefficient (Wildman–Crippen LogP) is 0.849. The van der Waals surface area contributed by atoms with Crippen molar-refractivity contribution in [2.75, 3.05) is 6.61 Å². The van der Waals surface area contributed by atoms with E-state index in [2.05, 4.69) is 4.74 Å². The standard InChI is InChI=1S/C11H12O4.H2O/c1-2-15-11(14)6-4-8-3-5-9(12)10(13)7-8;/h3-7,12-13H,2H2,1H3;1H2. The van der Waals surface area contributed by atoms with E-state index in [-0.39, 0.29) is 17.0 Å². The molecule has 0 spiro atoms. The number of rotatable bonds is 3. The van der Waals surface area contributed by atoms with E-state index in [9.17, 15) is 4.79 Å². The monoisotopic (exact) mass is 226 g/mol. The summed E-state index contributed by atoms with van der Waals surface area (Å²) in [4.78, 5) is 10.9. The first kappa shape index (κ1) is 14.0. The first-order chi connectivity index (χ1) is 7.13. The van der Waals surface area contributed by atoms with E-state index >= 15 is 0 Å². The van der Waals surface area contributed by atoms with Gasteiger partial charge in [0.25, 0.3) is 0 Å². The van der Waals surface area contributed by atoms with Gasteiger partial charge in [0.2, 0.25) is 0 Å². The molecule has 1 aromatic rings. The van der Waals surface area contributed by atoms with Gasteiger partial charge in [-0.2, -0.15) is 0 Å². The Bertz CT molecular complexity index is 384. The average Bonchev–Trinajstić information content (AvgIpc) is 2.20. The summed E-state index contributed by atoms with van der Waals surface area (Å²) in [6.45, 7) is 2.04. The van der Waals surface area contributed by atoms with Crippen molar-refractivity contribution in [3.05, 3.63) is 29.8 Å². The van der Waals surface area contributed by atoms with Gasteiger partial charge in [-0.15, -0.1) is 0 Å².